The standard InChI is InChI=1S/C13H20N/c1-12(2)10-14(3,4)11-13-8-6-5-7-9-13/h5-9H,1,10-11H2,2-4H3/q+1. The van der Waals surface area contributed by atoms with E-state index in [9.17, 15) is 0 Å². The minimum atomic E-state index is 0.972. The average Bonchev–Trinajstić information content (AvgIpc) is 2.02. The van der Waals surface area contributed by atoms with Crippen LogP contribution in [0.25, 0.3) is 0 Å². The normalized spacial score (nSPS) is 11.4. The van der Waals surface area contributed by atoms with Crippen LogP contribution in [-0.4, -0.2) is 25.1 Å². The van der Waals surface area contributed by atoms with Gasteiger partial charge in [0.15, 0.2) is 0 Å². The topological polar surface area (TPSA) is 0 Å². The Kier molecular flexibility index (Phi) is 3.48. The molecule has 76 valence electrons. The Labute approximate surface area is 87.3 Å². The first-order valence-corrected chi connectivity index (χ1v) is 5.00. The first-order valence-electron chi connectivity index (χ1n) is 5.00. The first kappa shape index (κ1) is 11.0. The Morgan fingerprint density at radius 2 is 1.79 bits per heavy atom. The van der Waals surface area contributed by atoms with Gasteiger partial charge in [0.05, 0.1) is 20.6 Å². The Bertz CT molecular complexity index is 298. The second-order valence-electron chi connectivity index (χ2n) is 4.69. The lowest BCUT2D eigenvalue weighted by Gasteiger charge is -2.30. The van der Waals surface area contributed by atoms with E-state index >= 15 is 0 Å². The number of quaternary nitrogens is 1. The fraction of sp³-hybridized carbons (Fsp3) is 0.385. The molecule has 0 N–H and O–H groups in total. The molecule has 0 unspecified atom stereocenters. The van der Waals surface area contributed by atoms with Crippen LogP contribution in [-0.2, 0) is 6.54 Å². The maximum atomic E-state index is 3.97. The molecular formula is C13H20N+. The molecule has 0 aliphatic rings. The number of hydrogen-bond acceptors (Lipinski definition) is 0. The molecule has 1 aromatic carbocycles. The van der Waals surface area contributed by atoms with E-state index in [2.05, 4.69) is 57.9 Å². The van der Waals surface area contributed by atoms with Gasteiger partial charge in [-0.05, 0) is 12.5 Å². The van der Waals surface area contributed by atoms with E-state index in [1.54, 1.807) is 0 Å². The monoisotopic (exact) mass is 190 g/mol. The van der Waals surface area contributed by atoms with Crippen LogP contribution < -0.4 is 0 Å². The zero-order valence-corrected chi connectivity index (χ0v) is 9.46. The second-order valence-corrected chi connectivity index (χ2v) is 4.69. The van der Waals surface area contributed by atoms with Crippen LogP contribution in [0.5, 0.6) is 0 Å². The van der Waals surface area contributed by atoms with Crippen molar-refractivity contribution in [3.05, 3.63) is 48.0 Å². The van der Waals surface area contributed by atoms with Gasteiger partial charge in [-0.25, -0.2) is 0 Å². The van der Waals surface area contributed by atoms with Gasteiger partial charge in [-0.3, -0.25) is 0 Å². The van der Waals surface area contributed by atoms with Crippen LogP contribution in [0.1, 0.15) is 12.5 Å². The largest absolute Gasteiger partial charge is 0.321 e. The van der Waals surface area contributed by atoms with Gasteiger partial charge in [-0.1, -0.05) is 36.9 Å². The van der Waals surface area contributed by atoms with Gasteiger partial charge in [-0.2, -0.15) is 0 Å². The van der Waals surface area contributed by atoms with E-state index < -0.39 is 0 Å². The van der Waals surface area contributed by atoms with Gasteiger partial charge in [-0.15, -0.1) is 0 Å². The van der Waals surface area contributed by atoms with Crippen LogP contribution in [0, 0.1) is 0 Å². The summed E-state index contributed by atoms with van der Waals surface area (Å²) >= 11 is 0. The number of benzene rings is 1. The van der Waals surface area contributed by atoms with Crippen molar-refractivity contribution in [1.29, 1.82) is 0 Å². The summed E-state index contributed by atoms with van der Waals surface area (Å²) in [4.78, 5) is 0. The molecule has 0 heterocycles. The van der Waals surface area contributed by atoms with Crippen molar-refractivity contribution < 1.29 is 4.48 Å². The molecular weight excluding hydrogens is 170 g/mol. The molecule has 0 saturated heterocycles. The van der Waals surface area contributed by atoms with E-state index in [4.69, 9.17) is 0 Å². The Morgan fingerprint density at radius 1 is 1.21 bits per heavy atom. The molecule has 0 aromatic heterocycles. The molecule has 1 rings (SSSR count). The van der Waals surface area contributed by atoms with Crippen LogP contribution >= 0.6 is 0 Å². The maximum Gasteiger partial charge on any atom is 0.104 e. The van der Waals surface area contributed by atoms with E-state index in [1.165, 1.54) is 11.1 Å². The molecule has 0 spiro atoms. The van der Waals surface area contributed by atoms with Gasteiger partial charge in [0.2, 0.25) is 0 Å². The van der Waals surface area contributed by atoms with Crippen LogP contribution in [0.15, 0.2) is 42.5 Å². The summed E-state index contributed by atoms with van der Waals surface area (Å²) in [5, 5.41) is 0. The molecule has 1 heteroatoms. The van der Waals surface area contributed by atoms with Crippen molar-refractivity contribution >= 4 is 0 Å². The minimum absolute atomic E-state index is 0.972. The highest BCUT2D eigenvalue weighted by atomic mass is 15.3. The zero-order valence-electron chi connectivity index (χ0n) is 9.46. The van der Waals surface area contributed by atoms with Crippen LogP contribution in [0.3, 0.4) is 0 Å². The summed E-state index contributed by atoms with van der Waals surface area (Å²) in [5.41, 5.74) is 2.63. The number of rotatable bonds is 4. The fourth-order valence-corrected chi connectivity index (χ4v) is 1.86. The Morgan fingerprint density at radius 3 is 2.29 bits per heavy atom. The molecule has 0 bridgehead atoms. The van der Waals surface area contributed by atoms with Gasteiger partial charge in [0.25, 0.3) is 0 Å². The third-order valence-electron chi connectivity index (χ3n) is 2.15. The summed E-state index contributed by atoms with van der Waals surface area (Å²) < 4.78 is 0.972. The number of nitrogens with zero attached hydrogens (tertiary/aromatic N) is 1. The molecule has 0 saturated carbocycles. The Hall–Kier alpha value is -1.08. The predicted octanol–water partition coefficient (Wildman–Crippen LogP) is 2.84. The summed E-state index contributed by atoms with van der Waals surface area (Å²) in [7, 11) is 4.48. The van der Waals surface area contributed by atoms with Crippen molar-refractivity contribution in [3.63, 3.8) is 0 Å². The number of likely N-dealkylation sites (N-methyl/N-ethyl adjacent to an activating group) is 1. The molecule has 0 amide bonds. The first-order chi connectivity index (χ1) is 6.49. The van der Waals surface area contributed by atoms with E-state index in [0.717, 1.165) is 17.6 Å². The van der Waals surface area contributed by atoms with Crippen LogP contribution in [0.4, 0.5) is 0 Å². The van der Waals surface area contributed by atoms with Crippen molar-refractivity contribution in [2.24, 2.45) is 0 Å². The quantitative estimate of drug-likeness (QED) is 0.506. The van der Waals surface area contributed by atoms with Crippen molar-refractivity contribution in [2.45, 2.75) is 13.5 Å². The maximum absolute atomic E-state index is 3.97. The summed E-state index contributed by atoms with van der Waals surface area (Å²) in [6.45, 7) is 8.15. The highest BCUT2D eigenvalue weighted by molar-refractivity contribution is 5.13. The molecule has 0 fully saturated rings. The minimum Gasteiger partial charge on any atom is -0.321 e. The molecule has 0 aliphatic heterocycles. The smallest absolute Gasteiger partial charge is 0.104 e. The van der Waals surface area contributed by atoms with Crippen molar-refractivity contribution in [1.82, 2.24) is 0 Å². The van der Waals surface area contributed by atoms with Gasteiger partial charge < -0.3 is 4.48 Å². The molecule has 0 aliphatic carbocycles. The third-order valence-corrected chi connectivity index (χ3v) is 2.15. The molecule has 14 heavy (non-hydrogen) atoms. The fourth-order valence-electron chi connectivity index (χ4n) is 1.86. The lowest BCUT2D eigenvalue weighted by Crippen LogP contribution is -2.39. The van der Waals surface area contributed by atoms with E-state index in [0.29, 0.717) is 0 Å². The molecule has 1 nitrogen and oxygen atoms in total. The van der Waals surface area contributed by atoms with Crippen LogP contribution in [0.2, 0.25) is 0 Å². The van der Waals surface area contributed by atoms with Gasteiger partial charge >= 0.3 is 0 Å². The van der Waals surface area contributed by atoms with Gasteiger partial charge in [0.1, 0.15) is 6.54 Å². The van der Waals surface area contributed by atoms with Gasteiger partial charge in [0, 0.05) is 5.56 Å². The number of hydrogen-bond donors (Lipinski definition) is 0. The lowest BCUT2D eigenvalue weighted by molar-refractivity contribution is -0.899. The zero-order chi connectivity index (χ0) is 10.6. The highest BCUT2D eigenvalue weighted by Gasteiger charge is 2.15. The summed E-state index contributed by atoms with van der Waals surface area (Å²) in [5.74, 6) is 0. The average molecular weight is 190 g/mol. The van der Waals surface area contributed by atoms with Crippen molar-refractivity contribution in [2.75, 3.05) is 20.6 Å². The summed E-state index contributed by atoms with van der Waals surface area (Å²) in [6, 6.07) is 10.6. The molecule has 1 aromatic rings. The molecule has 0 radical (unpaired) electrons. The predicted molar refractivity (Wildman–Crippen MR) is 61.9 cm³/mol. The summed E-state index contributed by atoms with van der Waals surface area (Å²) in [6.07, 6.45) is 0. The SMILES string of the molecule is C=C(C)C[N+](C)(C)Cc1ccccc1. The van der Waals surface area contributed by atoms with E-state index in [1.807, 2.05) is 0 Å². The highest BCUT2D eigenvalue weighted by Crippen LogP contribution is 2.10. The van der Waals surface area contributed by atoms with Crippen molar-refractivity contribution in [3.8, 4) is 0 Å². The van der Waals surface area contributed by atoms with E-state index in [-0.39, 0.29) is 0 Å². The second kappa shape index (κ2) is 4.43. The third kappa shape index (κ3) is 3.75. The lowest BCUT2D eigenvalue weighted by atomic mass is 10.2. The Balaban J connectivity index is 2.63. The molecule has 0 atom stereocenters.